The lowest BCUT2D eigenvalue weighted by Crippen LogP contribution is -2.17. The molecule has 232 valence electrons. The minimum absolute atomic E-state index is 0.0827. The van der Waals surface area contributed by atoms with Crippen LogP contribution >= 0.6 is 8.24 Å². The normalized spacial score (nSPS) is 13.0. The maximum absolute atomic E-state index is 12.8. The summed E-state index contributed by atoms with van der Waals surface area (Å²) in [5, 5.41) is 1.98. The van der Waals surface area contributed by atoms with E-state index in [0.717, 1.165) is 38.6 Å². The minimum Gasteiger partial charge on any atom is -0.459 e. The van der Waals surface area contributed by atoms with E-state index in [9.17, 15) is 4.79 Å². The van der Waals surface area contributed by atoms with Crippen LogP contribution in [0.3, 0.4) is 0 Å². The fourth-order valence-electron chi connectivity index (χ4n) is 4.94. The van der Waals surface area contributed by atoms with Crippen LogP contribution in [0.1, 0.15) is 111 Å². The number of fused-ring (bicyclic) bond motifs is 3. The van der Waals surface area contributed by atoms with Crippen molar-refractivity contribution in [1.29, 1.82) is 0 Å². The number of hydrogen-bond donors (Lipinski definition) is 0. The zero-order valence-electron chi connectivity index (χ0n) is 28.1. The summed E-state index contributed by atoms with van der Waals surface area (Å²) >= 11 is 0. The van der Waals surface area contributed by atoms with Crippen LogP contribution in [0.2, 0.25) is 0 Å². The molecule has 3 aromatic carbocycles. The maximum Gasteiger partial charge on any atom is 0.387 e. The first-order valence-corrected chi connectivity index (χ1v) is 16.2. The summed E-state index contributed by atoms with van der Waals surface area (Å²) in [7, 11) is -1.97. The molecule has 0 fully saturated rings. The molecule has 0 saturated carbocycles. The Hall–Kier alpha value is -3.01. The quantitative estimate of drug-likeness (QED) is 0.212. The fraction of sp³-hybridized carbons (Fsp3) is 0.486. The van der Waals surface area contributed by atoms with Crippen molar-refractivity contribution in [3.8, 4) is 0 Å². The molecule has 1 aromatic heterocycles. The first-order chi connectivity index (χ1) is 19.7. The Labute approximate surface area is 258 Å². The molecule has 0 spiro atoms. The molecule has 1 heterocycles. The van der Waals surface area contributed by atoms with Gasteiger partial charge in [0.05, 0.1) is 0 Å². The van der Waals surface area contributed by atoms with E-state index in [2.05, 4.69) is 107 Å². The predicted molar refractivity (Wildman–Crippen MR) is 179 cm³/mol. The molecule has 0 aliphatic carbocycles. The summed E-state index contributed by atoms with van der Waals surface area (Å²) in [5.41, 5.74) is 6.39. The Morgan fingerprint density at radius 2 is 1.09 bits per heavy atom. The Balaban J connectivity index is 2.01. The van der Waals surface area contributed by atoms with E-state index in [1.165, 1.54) is 11.1 Å². The zero-order valence-corrected chi connectivity index (χ0v) is 29.0. The molecule has 0 aliphatic heterocycles. The lowest BCUT2D eigenvalue weighted by atomic mass is 9.77. The van der Waals surface area contributed by atoms with E-state index in [4.69, 9.17) is 17.7 Å². The van der Waals surface area contributed by atoms with E-state index in [-0.39, 0.29) is 34.9 Å². The molecule has 0 aliphatic rings. The fourth-order valence-corrected chi connectivity index (χ4v) is 5.99. The van der Waals surface area contributed by atoms with E-state index < -0.39 is 14.2 Å². The highest BCUT2D eigenvalue weighted by Crippen LogP contribution is 2.45. The van der Waals surface area contributed by atoms with Crippen molar-refractivity contribution < 1.29 is 22.4 Å². The third-order valence-electron chi connectivity index (χ3n) is 7.68. The van der Waals surface area contributed by atoms with Crippen molar-refractivity contribution in [3.63, 3.8) is 0 Å². The van der Waals surface area contributed by atoms with Gasteiger partial charge in [-0.15, -0.1) is 0 Å². The largest absolute Gasteiger partial charge is 0.459 e. The summed E-state index contributed by atoms with van der Waals surface area (Å²) in [5.74, 6) is -0.471. The van der Waals surface area contributed by atoms with Crippen LogP contribution in [0.5, 0.6) is 0 Å². The van der Waals surface area contributed by atoms with Crippen LogP contribution in [0.15, 0.2) is 63.0 Å². The van der Waals surface area contributed by atoms with E-state index in [1.54, 1.807) is 0 Å². The second-order valence-corrected chi connectivity index (χ2v) is 16.7. The highest BCUT2D eigenvalue weighted by molar-refractivity contribution is 7.31. The number of rotatable bonds is 5. The molecule has 0 bridgehead atoms. The van der Waals surface area contributed by atoms with Crippen molar-refractivity contribution in [3.05, 3.63) is 82.4 Å². The third kappa shape index (κ3) is 7.75. The summed E-state index contributed by atoms with van der Waals surface area (Å²) in [6, 6.07) is 18.6. The van der Waals surface area contributed by atoms with Crippen LogP contribution in [0.4, 0.5) is 0 Å². The SMILES string of the molecule is CC(C)(C)c1cc(C(C)(C)C)c2op(OCC(=O)OCc3ccccc3)oc3c(C(C)(C)C)cc(C(C)(C)C)cc3c2c1. The van der Waals surface area contributed by atoms with Gasteiger partial charge in [-0.3, -0.25) is 4.52 Å². The molecule has 0 saturated heterocycles. The van der Waals surface area contributed by atoms with Gasteiger partial charge < -0.3 is 13.1 Å². The van der Waals surface area contributed by atoms with Crippen LogP contribution in [-0.2, 0) is 37.8 Å². The number of carbonyl (C=O) groups is 1. The van der Waals surface area contributed by atoms with Crippen molar-refractivity contribution >= 4 is 36.1 Å². The molecule has 4 aromatic rings. The van der Waals surface area contributed by atoms with Gasteiger partial charge >= 0.3 is 14.2 Å². The van der Waals surface area contributed by atoms with Gasteiger partial charge in [0.1, 0.15) is 17.8 Å². The van der Waals surface area contributed by atoms with Gasteiger partial charge in [-0.2, -0.15) is 0 Å². The number of esters is 1. The summed E-state index contributed by atoms with van der Waals surface area (Å²) in [6.45, 7) is 26.5. The van der Waals surface area contributed by atoms with Gasteiger partial charge in [-0.25, -0.2) is 4.79 Å². The van der Waals surface area contributed by atoms with Crippen LogP contribution in [0, 0.1) is 0 Å². The molecule has 0 N–H and O–H groups in total. The first-order valence-electron chi connectivity index (χ1n) is 15.1. The van der Waals surface area contributed by atoms with E-state index >= 15 is 0 Å². The van der Waals surface area contributed by atoms with Crippen molar-refractivity contribution in [1.82, 2.24) is 0 Å². The van der Waals surface area contributed by atoms with Crippen molar-refractivity contribution in [2.75, 3.05) is 6.61 Å². The Morgan fingerprint density at radius 1 is 0.651 bits per heavy atom. The average molecular weight is 605 g/mol. The number of hydrogen-bond acceptors (Lipinski definition) is 5. The molecule has 0 unspecified atom stereocenters. The van der Waals surface area contributed by atoms with E-state index in [0.29, 0.717) is 0 Å². The van der Waals surface area contributed by atoms with Crippen LogP contribution in [0.25, 0.3) is 21.9 Å². The maximum atomic E-state index is 12.8. The number of ether oxygens (including phenoxy) is 1. The van der Waals surface area contributed by atoms with Gasteiger partial charge in [0.2, 0.25) is 0 Å². The highest BCUT2D eigenvalue weighted by atomic mass is 31.1. The van der Waals surface area contributed by atoms with Crippen molar-refractivity contribution in [2.24, 2.45) is 0 Å². The zero-order chi connectivity index (χ0) is 32.0. The molecule has 0 atom stereocenters. The standard InChI is InChI=1S/C37H49O5P/c1-34(2,3)25-18-27-28-19-26(35(4,5)6)21-30(37(10,11)12)33(28)42-43(41-32(27)29(20-25)36(7,8)9)40-23-31(38)39-22-24-16-14-13-15-17-24/h13-21H,22-23H2,1-12H3. The van der Waals surface area contributed by atoms with Gasteiger partial charge in [0.25, 0.3) is 0 Å². The third-order valence-corrected chi connectivity index (χ3v) is 8.68. The molecular weight excluding hydrogens is 555 g/mol. The summed E-state index contributed by atoms with van der Waals surface area (Å²) < 4.78 is 25.0. The first kappa shape index (κ1) is 32.9. The number of carbonyl (C=O) groups excluding carboxylic acids is 1. The van der Waals surface area contributed by atoms with Gasteiger partial charge in [0, 0.05) is 21.9 Å². The van der Waals surface area contributed by atoms with Gasteiger partial charge in [-0.05, 0) is 50.5 Å². The second-order valence-electron chi connectivity index (χ2n) is 15.6. The Kier molecular flexibility index (Phi) is 9.04. The highest BCUT2D eigenvalue weighted by Gasteiger charge is 2.29. The molecular formula is C37H49O5P. The number of benzene rings is 3. The summed E-state index contributed by atoms with van der Waals surface area (Å²) in [4.78, 5) is 12.8. The molecule has 0 radical (unpaired) electrons. The molecule has 43 heavy (non-hydrogen) atoms. The monoisotopic (exact) mass is 604 g/mol. The second kappa shape index (κ2) is 11.8. The van der Waals surface area contributed by atoms with Crippen LogP contribution in [-0.4, -0.2) is 12.6 Å². The topological polar surface area (TPSA) is 61.8 Å². The molecule has 5 nitrogen and oxygen atoms in total. The minimum atomic E-state index is -1.97. The van der Waals surface area contributed by atoms with Gasteiger partial charge in [0.15, 0.2) is 6.61 Å². The molecule has 6 heteroatoms. The average Bonchev–Trinajstić information content (AvgIpc) is 3.04. The van der Waals surface area contributed by atoms with Crippen molar-refractivity contribution in [2.45, 2.75) is 111 Å². The van der Waals surface area contributed by atoms with E-state index in [1.807, 2.05) is 30.3 Å². The van der Waals surface area contributed by atoms with Gasteiger partial charge in [-0.1, -0.05) is 126 Å². The lowest BCUT2D eigenvalue weighted by Gasteiger charge is -2.27. The smallest absolute Gasteiger partial charge is 0.387 e. The predicted octanol–water partition coefficient (Wildman–Crippen LogP) is 10.7. The van der Waals surface area contributed by atoms with Crippen LogP contribution < -0.4 is 4.52 Å². The lowest BCUT2D eigenvalue weighted by molar-refractivity contribution is -0.146. The Morgan fingerprint density at radius 3 is 1.49 bits per heavy atom. The summed E-state index contributed by atoms with van der Waals surface area (Å²) in [6.07, 6.45) is 0. The molecule has 4 rings (SSSR count). The Bertz CT molecular complexity index is 1560. The molecule has 0 amide bonds.